The van der Waals surface area contributed by atoms with E-state index in [1.165, 1.54) is 0 Å². The lowest BCUT2D eigenvalue weighted by Gasteiger charge is -2.48. The van der Waals surface area contributed by atoms with E-state index in [4.69, 9.17) is 10.1 Å². The number of hydrogen-bond acceptors (Lipinski definition) is 2. The lowest BCUT2D eigenvalue weighted by Crippen LogP contribution is -2.58. The van der Waals surface area contributed by atoms with Gasteiger partial charge in [-0.2, -0.15) is 0 Å². The molecule has 0 bridgehead atoms. The van der Waals surface area contributed by atoms with E-state index in [9.17, 15) is 0 Å². The van der Waals surface area contributed by atoms with Crippen molar-refractivity contribution >= 4 is 5.84 Å². The molecule has 14 heavy (non-hydrogen) atoms. The van der Waals surface area contributed by atoms with E-state index >= 15 is 0 Å². The van der Waals surface area contributed by atoms with Crippen LogP contribution < -0.4 is 0 Å². The molecule has 0 aromatic heterocycles. The minimum atomic E-state index is -0.150. The van der Waals surface area contributed by atoms with Gasteiger partial charge in [0, 0.05) is 19.5 Å². The molecule has 0 atom stereocenters. The molecule has 0 aromatic rings. The Morgan fingerprint density at radius 3 is 2.00 bits per heavy atom. The maximum Gasteiger partial charge on any atom is 0.0956 e. The first-order valence-corrected chi connectivity index (χ1v) is 5.28. The zero-order valence-electron chi connectivity index (χ0n) is 9.98. The van der Waals surface area contributed by atoms with Gasteiger partial charge in [0.1, 0.15) is 0 Å². The number of ether oxygens (including phenoxy) is 1. The summed E-state index contributed by atoms with van der Waals surface area (Å²) in [7, 11) is 0. The second-order valence-corrected chi connectivity index (χ2v) is 5.28. The molecule has 1 rings (SSSR count). The van der Waals surface area contributed by atoms with Crippen LogP contribution in [0.25, 0.3) is 0 Å². The fourth-order valence-corrected chi connectivity index (χ4v) is 2.20. The van der Waals surface area contributed by atoms with Gasteiger partial charge in [-0.05, 0) is 27.7 Å². The maximum absolute atomic E-state index is 7.86. The highest BCUT2D eigenvalue weighted by Gasteiger charge is 2.38. The number of rotatable bonds is 1. The molecule has 3 nitrogen and oxygen atoms in total. The molecule has 1 aliphatic rings. The van der Waals surface area contributed by atoms with Crippen molar-refractivity contribution in [3.05, 3.63) is 0 Å². The summed E-state index contributed by atoms with van der Waals surface area (Å²) in [5, 5.41) is 7.86. The third-order valence-corrected chi connectivity index (χ3v) is 2.41. The van der Waals surface area contributed by atoms with Crippen molar-refractivity contribution < 1.29 is 4.74 Å². The lowest BCUT2D eigenvalue weighted by atomic mass is 9.98. The minimum absolute atomic E-state index is 0.150. The highest BCUT2D eigenvalue weighted by Crippen LogP contribution is 2.28. The normalized spacial score (nSPS) is 24.8. The Labute approximate surface area is 86.9 Å². The van der Waals surface area contributed by atoms with Gasteiger partial charge in [0.15, 0.2) is 0 Å². The molecule has 0 amide bonds. The van der Waals surface area contributed by atoms with Crippen LogP contribution in [-0.4, -0.2) is 35.0 Å². The quantitative estimate of drug-likeness (QED) is 0.518. The molecule has 1 saturated heterocycles. The summed E-state index contributed by atoms with van der Waals surface area (Å²) in [5.41, 5.74) is -0.299. The molecular weight excluding hydrogens is 176 g/mol. The fourth-order valence-electron chi connectivity index (χ4n) is 2.20. The largest absolute Gasteiger partial charge is 0.366 e. The SMILES string of the molecule is CCC(=N)N1CC(C)(C)OC(C)(C)C1. The van der Waals surface area contributed by atoms with Crippen LogP contribution in [-0.2, 0) is 4.74 Å². The zero-order chi connectivity index (χ0) is 11.0. The number of hydrogen-bond donors (Lipinski definition) is 1. The van der Waals surface area contributed by atoms with Crippen molar-refractivity contribution in [1.29, 1.82) is 5.41 Å². The maximum atomic E-state index is 7.86. The highest BCUT2D eigenvalue weighted by atomic mass is 16.5. The summed E-state index contributed by atoms with van der Waals surface area (Å²) in [6, 6.07) is 0. The predicted molar refractivity (Wildman–Crippen MR) is 58.8 cm³/mol. The molecule has 1 heterocycles. The third-order valence-electron chi connectivity index (χ3n) is 2.41. The van der Waals surface area contributed by atoms with E-state index in [0.717, 1.165) is 25.3 Å². The Morgan fingerprint density at radius 2 is 1.64 bits per heavy atom. The van der Waals surface area contributed by atoms with Crippen LogP contribution in [0.4, 0.5) is 0 Å². The van der Waals surface area contributed by atoms with E-state index in [-0.39, 0.29) is 11.2 Å². The van der Waals surface area contributed by atoms with Gasteiger partial charge in [-0.3, -0.25) is 5.41 Å². The first kappa shape index (κ1) is 11.5. The topological polar surface area (TPSA) is 36.3 Å². The van der Waals surface area contributed by atoms with Gasteiger partial charge in [0.2, 0.25) is 0 Å². The van der Waals surface area contributed by atoms with Gasteiger partial charge in [-0.15, -0.1) is 0 Å². The second-order valence-electron chi connectivity index (χ2n) is 5.28. The van der Waals surface area contributed by atoms with Crippen molar-refractivity contribution in [3.8, 4) is 0 Å². The standard InChI is InChI=1S/C11H22N2O/c1-6-9(12)13-7-10(2,3)14-11(4,5)8-13/h12H,6-8H2,1-5H3. The van der Waals surface area contributed by atoms with E-state index in [1.807, 2.05) is 6.92 Å². The molecule has 1 aliphatic heterocycles. The van der Waals surface area contributed by atoms with Crippen LogP contribution >= 0.6 is 0 Å². The fraction of sp³-hybridized carbons (Fsp3) is 0.909. The summed E-state index contributed by atoms with van der Waals surface area (Å²) in [4.78, 5) is 2.13. The summed E-state index contributed by atoms with van der Waals surface area (Å²) in [6.07, 6.45) is 0.798. The van der Waals surface area contributed by atoms with Gasteiger partial charge < -0.3 is 9.64 Å². The van der Waals surface area contributed by atoms with Gasteiger partial charge in [-0.1, -0.05) is 6.92 Å². The average molecular weight is 198 g/mol. The van der Waals surface area contributed by atoms with Gasteiger partial charge in [-0.25, -0.2) is 0 Å². The first-order valence-electron chi connectivity index (χ1n) is 5.28. The molecule has 0 unspecified atom stereocenters. The third kappa shape index (κ3) is 2.71. The first-order chi connectivity index (χ1) is 6.26. The van der Waals surface area contributed by atoms with E-state index in [2.05, 4.69) is 32.6 Å². The van der Waals surface area contributed by atoms with Crippen LogP contribution in [0.15, 0.2) is 0 Å². The van der Waals surface area contributed by atoms with E-state index in [0.29, 0.717) is 0 Å². The Balaban J connectivity index is 2.76. The van der Waals surface area contributed by atoms with Crippen molar-refractivity contribution in [2.24, 2.45) is 0 Å². The van der Waals surface area contributed by atoms with E-state index < -0.39 is 0 Å². The summed E-state index contributed by atoms with van der Waals surface area (Å²) < 4.78 is 5.95. The van der Waals surface area contributed by atoms with Crippen LogP contribution in [0.5, 0.6) is 0 Å². The van der Waals surface area contributed by atoms with Crippen LogP contribution in [0.2, 0.25) is 0 Å². The van der Waals surface area contributed by atoms with Gasteiger partial charge in [0.05, 0.1) is 17.0 Å². The molecule has 0 aromatic carbocycles. The molecule has 0 radical (unpaired) electrons. The number of nitrogens with one attached hydrogen (secondary N) is 1. The van der Waals surface area contributed by atoms with Crippen LogP contribution in [0.3, 0.4) is 0 Å². The summed E-state index contributed by atoms with van der Waals surface area (Å²) >= 11 is 0. The summed E-state index contributed by atoms with van der Waals surface area (Å²) in [5.74, 6) is 0.717. The number of nitrogens with zero attached hydrogens (tertiary/aromatic N) is 1. The molecule has 0 saturated carbocycles. The molecule has 82 valence electrons. The summed E-state index contributed by atoms with van der Waals surface area (Å²) in [6.45, 7) is 12.0. The van der Waals surface area contributed by atoms with Crippen molar-refractivity contribution in [1.82, 2.24) is 4.90 Å². The Bertz CT molecular complexity index is 217. The van der Waals surface area contributed by atoms with E-state index in [1.54, 1.807) is 0 Å². The molecule has 0 spiro atoms. The molecular formula is C11H22N2O. The Hall–Kier alpha value is -0.570. The highest BCUT2D eigenvalue weighted by molar-refractivity contribution is 5.79. The average Bonchev–Trinajstić information content (AvgIpc) is 1.97. The smallest absolute Gasteiger partial charge is 0.0956 e. The zero-order valence-corrected chi connectivity index (χ0v) is 9.98. The van der Waals surface area contributed by atoms with Crippen LogP contribution in [0.1, 0.15) is 41.0 Å². The molecule has 0 aliphatic carbocycles. The van der Waals surface area contributed by atoms with Crippen molar-refractivity contribution in [2.75, 3.05) is 13.1 Å². The second kappa shape index (κ2) is 3.54. The van der Waals surface area contributed by atoms with Crippen molar-refractivity contribution in [2.45, 2.75) is 52.2 Å². The predicted octanol–water partition coefficient (Wildman–Crippen LogP) is 2.26. The molecule has 1 N–H and O–H groups in total. The lowest BCUT2D eigenvalue weighted by molar-refractivity contribution is -0.167. The molecule has 3 heteroatoms. The van der Waals surface area contributed by atoms with Gasteiger partial charge >= 0.3 is 0 Å². The molecule has 1 fully saturated rings. The van der Waals surface area contributed by atoms with Crippen molar-refractivity contribution in [3.63, 3.8) is 0 Å². The Kier molecular flexibility index (Phi) is 2.91. The van der Waals surface area contributed by atoms with Gasteiger partial charge in [0.25, 0.3) is 0 Å². The minimum Gasteiger partial charge on any atom is -0.366 e. The number of morpholine rings is 1. The monoisotopic (exact) mass is 198 g/mol. The number of amidine groups is 1. The van der Waals surface area contributed by atoms with Crippen LogP contribution in [0, 0.1) is 5.41 Å². The Morgan fingerprint density at radius 1 is 1.21 bits per heavy atom.